The molecule has 0 unspecified atom stereocenters. The van der Waals surface area contributed by atoms with Crippen molar-refractivity contribution in [2.24, 2.45) is 15.9 Å². The van der Waals surface area contributed by atoms with Gasteiger partial charge in [-0.2, -0.15) is 0 Å². The van der Waals surface area contributed by atoms with Gasteiger partial charge in [0.15, 0.2) is 5.66 Å². The summed E-state index contributed by atoms with van der Waals surface area (Å²) in [6.45, 7) is 14.1. The van der Waals surface area contributed by atoms with Crippen molar-refractivity contribution in [3.63, 3.8) is 0 Å². The maximum Gasteiger partial charge on any atom is 0.344 e. The summed E-state index contributed by atoms with van der Waals surface area (Å²) in [6.07, 6.45) is 0.0103. The summed E-state index contributed by atoms with van der Waals surface area (Å²) in [7, 11) is -3.79. The van der Waals surface area contributed by atoms with Crippen LogP contribution in [0.1, 0.15) is 54.9 Å². The van der Waals surface area contributed by atoms with Crippen molar-refractivity contribution in [3.05, 3.63) is 0 Å². The first kappa shape index (κ1) is 26.6. The number of aliphatic imine (C=N–C) groups is 2. The first-order valence-electron chi connectivity index (χ1n) is 10.7. The SMILES string of the molecule is CCOC(=O)[C@@H](C[C@@H]1N=C(OCC)[C@@H](C(C)C)N=C1OCC)P(=O)(OCC)OCC. The largest absolute Gasteiger partial charge is 0.480 e. The Kier molecular flexibility index (Phi) is 11.6. The Morgan fingerprint density at radius 2 is 1.47 bits per heavy atom. The number of carbonyl (C=O) groups excluding carboxylic acids is 1. The minimum Gasteiger partial charge on any atom is -0.480 e. The number of nitrogens with zero attached hydrogens (tertiary/aromatic N) is 2. The maximum atomic E-state index is 13.4. The number of ether oxygens (including phenoxy) is 3. The van der Waals surface area contributed by atoms with Gasteiger partial charge in [-0.25, -0.2) is 9.98 Å². The van der Waals surface area contributed by atoms with Crippen molar-refractivity contribution in [2.75, 3.05) is 33.0 Å². The van der Waals surface area contributed by atoms with Crippen LogP contribution in [0.3, 0.4) is 0 Å². The Morgan fingerprint density at radius 3 is 1.93 bits per heavy atom. The minimum absolute atomic E-state index is 0.0103. The third-order valence-corrected chi connectivity index (χ3v) is 6.73. The summed E-state index contributed by atoms with van der Waals surface area (Å²) < 4.78 is 41.0. The third-order valence-electron chi connectivity index (χ3n) is 4.31. The molecule has 0 aliphatic carbocycles. The van der Waals surface area contributed by atoms with Gasteiger partial charge in [0, 0.05) is 6.42 Å². The molecule has 0 aromatic rings. The van der Waals surface area contributed by atoms with Gasteiger partial charge >= 0.3 is 13.6 Å². The Bertz CT molecular complexity index is 641. The zero-order valence-corrected chi connectivity index (χ0v) is 20.1. The molecule has 174 valence electrons. The number of esters is 1. The Morgan fingerprint density at radius 1 is 0.900 bits per heavy atom. The van der Waals surface area contributed by atoms with E-state index in [9.17, 15) is 9.36 Å². The van der Waals surface area contributed by atoms with E-state index in [4.69, 9.17) is 28.3 Å². The van der Waals surface area contributed by atoms with Gasteiger partial charge in [0.05, 0.1) is 33.0 Å². The van der Waals surface area contributed by atoms with Crippen LogP contribution in [0.25, 0.3) is 0 Å². The topological polar surface area (TPSA) is 105 Å². The van der Waals surface area contributed by atoms with E-state index in [1.54, 1.807) is 20.8 Å². The predicted molar refractivity (Wildman–Crippen MR) is 116 cm³/mol. The first-order chi connectivity index (χ1) is 14.3. The molecule has 0 bridgehead atoms. The fourth-order valence-corrected chi connectivity index (χ4v) is 5.03. The molecule has 0 fully saturated rings. The summed E-state index contributed by atoms with van der Waals surface area (Å²) in [4.78, 5) is 22.1. The van der Waals surface area contributed by atoms with E-state index in [0.29, 0.717) is 25.0 Å². The second-order valence-electron chi connectivity index (χ2n) is 6.88. The Balaban J connectivity index is 3.36. The van der Waals surface area contributed by atoms with Gasteiger partial charge in [-0.05, 0) is 40.5 Å². The lowest BCUT2D eigenvalue weighted by Crippen LogP contribution is -2.41. The smallest absolute Gasteiger partial charge is 0.344 e. The molecule has 0 spiro atoms. The fraction of sp³-hybridized carbons (Fsp3) is 0.850. The summed E-state index contributed by atoms with van der Waals surface area (Å²) in [5.41, 5.74) is -1.16. The minimum atomic E-state index is -3.79. The summed E-state index contributed by atoms with van der Waals surface area (Å²) in [6, 6.07) is -0.945. The Labute approximate surface area is 180 Å². The standard InChI is InChI=1S/C20H37N2O7P/c1-8-25-18-15(21-19(26-9-2)17(22-18)14(6)7)13-16(20(23)27-10-3)30(24,28-11-4)29-12-5/h14-17H,8-13H2,1-7H3/t15-,16+,17+/m0/s1. The zero-order chi connectivity index (χ0) is 22.7. The van der Waals surface area contributed by atoms with Crippen molar-refractivity contribution in [3.8, 4) is 0 Å². The lowest BCUT2D eigenvalue weighted by atomic mass is 10.0. The molecule has 30 heavy (non-hydrogen) atoms. The normalized spacial score (nSPS) is 20.4. The van der Waals surface area contributed by atoms with Crippen LogP contribution < -0.4 is 0 Å². The van der Waals surface area contributed by atoms with Gasteiger partial charge in [0.1, 0.15) is 12.1 Å². The molecule has 9 nitrogen and oxygen atoms in total. The lowest BCUT2D eigenvalue weighted by molar-refractivity contribution is -0.143. The van der Waals surface area contributed by atoms with E-state index >= 15 is 0 Å². The van der Waals surface area contributed by atoms with E-state index in [-0.39, 0.29) is 38.2 Å². The van der Waals surface area contributed by atoms with Crippen molar-refractivity contribution in [2.45, 2.75) is 72.6 Å². The molecule has 0 N–H and O–H groups in total. The highest BCUT2D eigenvalue weighted by molar-refractivity contribution is 7.55. The van der Waals surface area contributed by atoms with Gasteiger partial charge in [0.2, 0.25) is 11.8 Å². The molecule has 1 heterocycles. The van der Waals surface area contributed by atoms with Crippen LogP contribution >= 0.6 is 7.60 Å². The molecule has 0 saturated carbocycles. The molecule has 10 heteroatoms. The average Bonchev–Trinajstić information content (AvgIpc) is 2.68. The average molecular weight is 448 g/mol. The lowest BCUT2D eigenvalue weighted by Gasteiger charge is -2.31. The number of hydrogen-bond donors (Lipinski definition) is 0. The van der Waals surface area contributed by atoms with E-state index in [1.165, 1.54) is 0 Å². The summed E-state index contributed by atoms with van der Waals surface area (Å²) in [5, 5.41) is 0. The molecule has 1 aliphatic heterocycles. The molecular weight excluding hydrogens is 411 g/mol. The Hall–Kier alpha value is -1.44. The highest BCUT2D eigenvalue weighted by Gasteiger charge is 2.46. The molecular formula is C20H37N2O7P. The quantitative estimate of drug-likeness (QED) is 0.330. The van der Waals surface area contributed by atoms with Gasteiger partial charge in [-0.15, -0.1) is 0 Å². The number of rotatable bonds is 12. The molecule has 1 rings (SSSR count). The van der Waals surface area contributed by atoms with E-state index < -0.39 is 25.3 Å². The van der Waals surface area contributed by atoms with Crippen LogP contribution in [0.15, 0.2) is 9.98 Å². The molecule has 3 atom stereocenters. The second kappa shape index (κ2) is 13.1. The molecule has 0 amide bonds. The van der Waals surface area contributed by atoms with Gasteiger partial charge in [-0.1, -0.05) is 13.8 Å². The fourth-order valence-electron chi connectivity index (χ4n) is 3.08. The monoisotopic (exact) mass is 448 g/mol. The van der Waals surface area contributed by atoms with Gasteiger partial charge < -0.3 is 23.3 Å². The van der Waals surface area contributed by atoms with Crippen LogP contribution in [-0.4, -0.2) is 68.5 Å². The molecule has 1 aliphatic rings. The third kappa shape index (κ3) is 7.06. The van der Waals surface area contributed by atoms with Crippen LogP contribution in [-0.2, 0) is 32.6 Å². The van der Waals surface area contributed by atoms with Crippen LogP contribution in [0.2, 0.25) is 0 Å². The van der Waals surface area contributed by atoms with Crippen LogP contribution in [0, 0.1) is 5.92 Å². The number of hydrogen-bond acceptors (Lipinski definition) is 9. The van der Waals surface area contributed by atoms with Crippen molar-refractivity contribution >= 4 is 25.4 Å². The zero-order valence-electron chi connectivity index (χ0n) is 19.3. The predicted octanol–water partition coefficient (Wildman–Crippen LogP) is 3.85. The molecule has 0 aromatic heterocycles. The molecule has 0 saturated heterocycles. The number of carbonyl (C=O) groups is 1. The van der Waals surface area contributed by atoms with Crippen LogP contribution in [0.5, 0.6) is 0 Å². The maximum absolute atomic E-state index is 13.4. The molecule has 0 aromatic carbocycles. The molecule has 0 radical (unpaired) electrons. The van der Waals surface area contributed by atoms with E-state index in [2.05, 4.69) is 4.99 Å². The van der Waals surface area contributed by atoms with E-state index in [0.717, 1.165) is 0 Å². The van der Waals surface area contributed by atoms with Crippen molar-refractivity contribution < 1.29 is 32.6 Å². The van der Waals surface area contributed by atoms with Crippen LogP contribution in [0.4, 0.5) is 0 Å². The second-order valence-corrected chi connectivity index (χ2v) is 9.10. The highest BCUT2D eigenvalue weighted by Crippen LogP contribution is 2.55. The summed E-state index contributed by atoms with van der Waals surface area (Å²) >= 11 is 0. The van der Waals surface area contributed by atoms with Gasteiger partial charge in [-0.3, -0.25) is 9.36 Å². The first-order valence-corrected chi connectivity index (χ1v) is 12.3. The van der Waals surface area contributed by atoms with Gasteiger partial charge in [0.25, 0.3) is 0 Å². The van der Waals surface area contributed by atoms with Crippen molar-refractivity contribution in [1.29, 1.82) is 0 Å². The van der Waals surface area contributed by atoms with Crippen molar-refractivity contribution in [1.82, 2.24) is 0 Å². The highest BCUT2D eigenvalue weighted by atomic mass is 31.2. The summed E-state index contributed by atoms with van der Waals surface area (Å²) in [5.74, 6) is 0.350. The van der Waals surface area contributed by atoms with E-state index in [1.807, 2.05) is 27.7 Å².